The molecule has 0 saturated carbocycles. The molecule has 0 bridgehead atoms. The summed E-state index contributed by atoms with van der Waals surface area (Å²) in [7, 11) is 0. The van der Waals surface area contributed by atoms with Gasteiger partial charge in [0.2, 0.25) is 0 Å². The average Bonchev–Trinajstić information content (AvgIpc) is 3.14. The molecule has 1 heteroatoms. The van der Waals surface area contributed by atoms with Gasteiger partial charge in [-0.1, -0.05) is 109 Å². The second-order valence-corrected chi connectivity index (χ2v) is 8.44. The maximum Gasteiger partial charge on any atom is 0.0674 e. The van der Waals surface area contributed by atoms with Gasteiger partial charge in [0.05, 0.1) is 11.5 Å². The van der Waals surface area contributed by atoms with Crippen LogP contribution in [0.3, 0.4) is 0 Å². The molecule has 2 aromatic carbocycles. The monoisotopic (exact) mass is 415 g/mol. The fourth-order valence-corrected chi connectivity index (χ4v) is 5.35. The quantitative estimate of drug-likeness (QED) is 0.561. The molecule has 1 nitrogen and oxygen atoms in total. The van der Waals surface area contributed by atoms with Crippen LogP contribution in [-0.4, -0.2) is 6.04 Å². The number of dihydropyridines is 1. The zero-order chi connectivity index (χ0) is 21.8. The SMILES string of the molecule is C/C=C/C=C1/C2=C(CCC=C2)C(c2ccccc2)(c2ccccc2)/C1=C/C1C=CC=CN1. The fourth-order valence-electron chi connectivity index (χ4n) is 5.35. The topological polar surface area (TPSA) is 12.0 Å². The van der Waals surface area contributed by atoms with Gasteiger partial charge < -0.3 is 5.32 Å². The third-order valence-corrected chi connectivity index (χ3v) is 6.64. The van der Waals surface area contributed by atoms with E-state index < -0.39 is 0 Å². The third kappa shape index (κ3) is 3.35. The van der Waals surface area contributed by atoms with Crippen LogP contribution in [0.4, 0.5) is 0 Å². The summed E-state index contributed by atoms with van der Waals surface area (Å²) in [5.41, 5.74) is 7.94. The molecule has 1 atom stereocenters. The standard InChI is InChI=1S/C31H29N/c1-2-3-19-28-27-20-10-11-21-29(27)31(24-14-6-4-7-15-24,25-16-8-5-9-17-25)30(28)23-26-18-12-13-22-32-26/h2-10,12-20,22-23,26,32H,11,21H2,1H3/b3-2+,28-19-,30-23+. The van der Waals surface area contributed by atoms with Crippen molar-refractivity contribution in [1.29, 1.82) is 0 Å². The minimum absolute atomic E-state index is 0.154. The first-order valence-electron chi connectivity index (χ1n) is 11.5. The van der Waals surface area contributed by atoms with E-state index in [1.807, 2.05) is 12.3 Å². The third-order valence-electron chi connectivity index (χ3n) is 6.64. The van der Waals surface area contributed by atoms with E-state index >= 15 is 0 Å². The van der Waals surface area contributed by atoms with Crippen molar-refractivity contribution in [1.82, 2.24) is 5.32 Å². The van der Waals surface area contributed by atoms with Crippen LogP contribution in [0.15, 0.2) is 144 Å². The highest BCUT2D eigenvalue weighted by molar-refractivity contribution is 5.77. The van der Waals surface area contributed by atoms with Gasteiger partial charge in [0.25, 0.3) is 0 Å². The summed E-state index contributed by atoms with van der Waals surface area (Å²) in [6.07, 6.45) is 24.3. The zero-order valence-corrected chi connectivity index (χ0v) is 18.5. The Bertz CT molecular complexity index is 1140. The van der Waals surface area contributed by atoms with Gasteiger partial charge in [0.15, 0.2) is 0 Å². The van der Waals surface area contributed by atoms with E-state index in [0.717, 1.165) is 12.8 Å². The number of hydrogen-bond donors (Lipinski definition) is 1. The van der Waals surface area contributed by atoms with Crippen LogP contribution in [0.1, 0.15) is 30.9 Å². The lowest BCUT2D eigenvalue weighted by Crippen LogP contribution is -2.32. The summed E-state index contributed by atoms with van der Waals surface area (Å²) >= 11 is 0. The van der Waals surface area contributed by atoms with Crippen LogP contribution in [0, 0.1) is 0 Å². The Balaban J connectivity index is 1.87. The van der Waals surface area contributed by atoms with Gasteiger partial charge in [0.1, 0.15) is 0 Å². The van der Waals surface area contributed by atoms with Crippen LogP contribution in [0.2, 0.25) is 0 Å². The molecule has 5 rings (SSSR count). The van der Waals surface area contributed by atoms with E-state index in [0.29, 0.717) is 0 Å². The Hall–Kier alpha value is -3.58. The molecular formula is C31H29N. The van der Waals surface area contributed by atoms with Crippen molar-refractivity contribution in [2.24, 2.45) is 0 Å². The maximum atomic E-state index is 3.52. The Labute approximate surface area is 191 Å². The second kappa shape index (κ2) is 8.88. The first-order chi connectivity index (χ1) is 15.9. The van der Waals surface area contributed by atoms with E-state index in [-0.39, 0.29) is 11.5 Å². The summed E-state index contributed by atoms with van der Waals surface area (Å²) < 4.78 is 0. The van der Waals surface area contributed by atoms with Crippen LogP contribution < -0.4 is 5.32 Å². The molecule has 1 heterocycles. The molecule has 3 aliphatic rings. The van der Waals surface area contributed by atoms with Gasteiger partial charge in [-0.05, 0) is 65.5 Å². The lowest BCUT2D eigenvalue weighted by Gasteiger charge is -2.37. The molecule has 0 spiro atoms. The van der Waals surface area contributed by atoms with E-state index in [1.165, 1.54) is 33.4 Å². The van der Waals surface area contributed by atoms with Crippen molar-refractivity contribution in [2.75, 3.05) is 0 Å². The smallest absolute Gasteiger partial charge is 0.0674 e. The molecule has 1 N–H and O–H groups in total. The fraction of sp³-hybridized carbons (Fsp3) is 0.161. The first kappa shape index (κ1) is 20.3. The van der Waals surface area contributed by atoms with Crippen molar-refractivity contribution in [3.63, 3.8) is 0 Å². The number of rotatable bonds is 4. The molecule has 0 saturated heterocycles. The largest absolute Gasteiger partial charge is 0.381 e. The zero-order valence-electron chi connectivity index (χ0n) is 18.5. The highest BCUT2D eigenvalue weighted by atomic mass is 14.9. The summed E-state index contributed by atoms with van der Waals surface area (Å²) in [4.78, 5) is 0. The maximum absolute atomic E-state index is 3.52. The molecule has 1 unspecified atom stereocenters. The molecule has 0 fully saturated rings. The summed E-state index contributed by atoms with van der Waals surface area (Å²) in [5.74, 6) is 0. The van der Waals surface area contributed by atoms with Gasteiger partial charge in [0, 0.05) is 0 Å². The Kier molecular flexibility index (Phi) is 5.64. The molecule has 32 heavy (non-hydrogen) atoms. The van der Waals surface area contributed by atoms with Gasteiger partial charge in [-0.15, -0.1) is 0 Å². The molecular weight excluding hydrogens is 386 g/mol. The highest BCUT2D eigenvalue weighted by Gasteiger charge is 2.49. The van der Waals surface area contributed by atoms with E-state index in [1.54, 1.807) is 0 Å². The van der Waals surface area contributed by atoms with E-state index in [4.69, 9.17) is 0 Å². The average molecular weight is 416 g/mol. The summed E-state index contributed by atoms with van der Waals surface area (Å²) in [6.45, 7) is 2.08. The van der Waals surface area contributed by atoms with Crippen LogP contribution in [0.5, 0.6) is 0 Å². The number of benzene rings is 2. The highest BCUT2D eigenvalue weighted by Crippen LogP contribution is 2.58. The normalized spacial score (nSPS) is 23.8. The predicted molar refractivity (Wildman–Crippen MR) is 135 cm³/mol. The summed E-state index contributed by atoms with van der Waals surface area (Å²) in [5, 5.41) is 3.52. The molecule has 1 aliphatic heterocycles. The minimum atomic E-state index is -0.299. The molecule has 158 valence electrons. The Morgan fingerprint density at radius 3 is 2.28 bits per heavy atom. The van der Waals surface area contributed by atoms with Gasteiger partial charge in [-0.3, -0.25) is 0 Å². The lowest BCUT2D eigenvalue weighted by atomic mass is 9.65. The van der Waals surface area contributed by atoms with Gasteiger partial charge in [-0.25, -0.2) is 0 Å². The van der Waals surface area contributed by atoms with Crippen molar-refractivity contribution in [2.45, 2.75) is 31.2 Å². The van der Waals surface area contributed by atoms with Gasteiger partial charge in [-0.2, -0.15) is 0 Å². The van der Waals surface area contributed by atoms with Crippen molar-refractivity contribution < 1.29 is 0 Å². The molecule has 2 aliphatic carbocycles. The number of allylic oxidation sites excluding steroid dienone is 11. The minimum Gasteiger partial charge on any atom is -0.381 e. The van der Waals surface area contributed by atoms with Crippen molar-refractivity contribution in [3.05, 3.63) is 155 Å². The lowest BCUT2D eigenvalue weighted by molar-refractivity contribution is 0.682. The number of hydrogen-bond acceptors (Lipinski definition) is 1. The molecule has 0 amide bonds. The molecule has 0 radical (unpaired) electrons. The summed E-state index contributed by atoms with van der Waals surface area (Å²) in [6, 6.07) is 22.3. The van der Waals surface area contributed by atoms with E-state index in [2.05, 4.69) is 122 Å². The van der Waals surface area contributed by atoms with Crippen LogP contribution in [0.25, 0.3) is 0 Å². The van der Waals surface area contributed by atoms with Crippen LogP contribution >= 0.6 is 0 Å². The van der Waals surface area contributed by atoms with E-state index in [9.17, 15) is 0 Å². The van der Waals surface area contributed by atoms with Crippen molar-refractivity contribution in [3.8, 4) is 0 Å². The molecule has 0 aromatic heterocycles. The second-order valence-electron chi connectivity index (χ2n) is 8.44. The van der Waals surface area contributed by atoms with Crippen LogP contribution in [-0.2, 0) is 5.41 Å². The Morgan fingerprint density at radius 1 is 0.938 bits per heavy atom. The Morgan fingerprint density at radius 2 is 1.66 bits per heavy atom. The van der Waals surface area contributed by atoms with Gasteiger partial charge >= 0.3 is 0 Å². The number of nitrogens with one attached hydrogen (secondary N) is 1. The molecule has 2 aromatic rings. The van der Waals surface area contributed by atoms with Crippen molar-refractivity contribution >= 4 is 0 Å². The predicted octanol–water partition coefficient (Wildman–Crippen LogP) is 7.10. The first-order valence-corrected chi connectivity index (χ1v) is 11.5.